The molecule has 0 saturated carbocycles. The Kier molecular flexibility index (Phi) is 4.20. The molecule has 1 unspecified atom stereocenters. The molecule has 3 aromatic rings. The van der Waals surface area contributed by atoms with Gasteiger partial charge < -0.3 is 14.8 Å². The normalized spacial score (nSPS) is 12.1. The van der Waals surface area contributed by atoms with Crippen LogP contribution in [0.1, 0.15) is 27.9 Å². The average Bonchev–Trinajstić information content (AvgIpc) is 3.23. The van der Waals surface area contributed by atoms with Crippen molar-refractivity contribution in [2.24, 2.45) is 0 Å². The van der Waals surface area contributed by atoms with Crippen LogP contribution in [0.15, 0.2) is 53.4 Å². The van der Waals surface area contributed by atoms with E-state index in [4.69, 9.17) is 4.42 Å². The molecule has 0 aliphatic rings. The van der Waals surface area contributed by atoms with Gasteiger partial charge in [0.25, 0.3) is 5.91 Å². The minimum absolute atomic E-state index is 0.257. The number of nitrogens with zero attached hydrogens (tertiary/aromatic N) is 3. The lowest BCUT2D eigenvalue weighted by molar-refractivity contribution is 0.0906. The first-order valence-electron chi connectivity index (χ1n) is 7.12. The predicted octanol–water partition coefficient (Wildman–Crippen LogP) is 1.63. The van der Waals surface area contributed by atoms with E-state index in [0.717, 1.165) is 0 Å². The van der Waals surface area contributed by atoms with E-state index in [-0.39, 0.29) is 12.5 Å². The number of aliphatic hydroxyl groups is 1. The average molecular weight is 312 g/mol. The van der Waals surface area contributed by atoms with E-state index in [9.17, 15) is 9.90 Å². The molecule has 0 aromatic carbocycles. The SMILES string of the molecule is Cc1c(C(=O)NC(CO)c2ccco2)cnn1-c1ccccn1. The van der Waals surface area contributed by atoms with E-state index >= 15 is 0 Å². The number of amides is 1. The number of nitrogens with one attached hydrogen (secondary N) is 1. The van der Waals surface area contributed by atoms with Gasteiger partial charge in [-0.05, 0) is 31.2 Å². The van der Waals surface area contributed by atoms with Crippen LogP contribution >= 0.6 is 0 Å². The lowest BCUT2D eigenvalue weighted by atomic mass is 10.2. The second-order valence-electron chi connectivity index (χ2n) is 4.97. The Labute approximate surface area is 132 Å². The molecule has 3 heterocycles. The molecule has 1 amide bonds. The van der Waals surface area contributed by atoms with E-state index < -0.39 is 6.04 Å². The quantitative estimate of drug-likeness (QED) is 0.747. The van der Waals surface area contributed by atoms with Gasteiger partial charge in [-0.25, -0.2) is 9.67 Å². The number of rotatable bonds is 5. The standard InChI is InChI=1S/C16H16N4O3/c1-11-12(9-18-20(11)15-6-2-3-7-17-15)16(22)19-13(10-21)14-5-4-8-23-14/h2-9,13,21H,10H2,1H3,(H,19,22). The fourth-order valence-electron chi connectivity index (χ4n) is 2.27. The molecule has 0 saturated heterocycles. The van der Waals surface area contributed by atoms with Gasteiger partial charge in [0.1, 0.15) is 11.8 Å². The molecule has 0 spiro atoms. The smallest absolute Gasteiger partial charge is 0.255 e. The monoisotopic (exact) mass is 312 g/mol. The number of carbonyl (C=O) groups is 1. The molecule has 0 aliphatic heterocycles. The Morgan fingerprint density at radius 1 is 1.39 bits per heavy atom. The number of furan rings is 1. The van der Waals surface area contributed by atoms with Gasteiger partial charge in [0.2, 0.25) is 0 Å². The van der Waals surface area contributed by atoms with E-state index in [1.807, 2.05) is 12.1 Å². The van der Waals surface area contributed by atoms with Crippen molar-refractivity contribution < 1.29 is 14.3 Å². The summed E-state index contributed by atoms with van der Waals surface area (Å²) >= 11 is 0. The lowest BCUT2D eigenvalue weighted by Gasteiger charge is -2.13. The zero-order valence-corrected chi connectivity index (χ0v) is 12.5. The van der Waals surface area contributed by atoms with Crippen LogP contribution in [0.3, 0.4) is 0 Å². The topological polar surface area (TPSA) is 93.2 Å². The molecule has 23 heavy (non-hydrogen) atoms. The van der Waals surface area contributed by atoms with E-state index in [1.54, 1.807) is 36.0 Å². The largest absolute Gasteiger partial charge is 0.467 e. The third-order valence-corrected chi connectivity index (χ3v) is 3.50. The zero-order valence-electron chi connectivity index (χ0n) is 12.5. The van der Waals surface area contributed by atoms with Crippen molar-refractivity contribution >= 4 is 5.91 Å². The van der Waals surface area contributed by atoms with E-state index in [2.05, 4.69) is 15.4 Å². The molecule has 1 atom stereocenters. The Bertz CT molecular complexity index is 781. The highest BCUT2D eigenvalue weighted by Gasteiger charge is 2.21. The van der Waals surface area contributed by atoms with E-state index in [0.29, 0.717) is 22.8 Å². The van der Waals surface area contributed by atoms with Crippen molar-refractivity contribution in [1.82, 2.24) is 20.1 Å². The summed E-state index contributed by atoms with van der Waals surface area (Å²) in [5.74, 6) is 0.796. The molecule has 2 N–H and O–H groups in total. The number of aliphatic hydroxyl groups excluding tert-OH is 1. The molecule has 3 rings (SSSR count). The maximum atomic E-state index is 12.4. The van der Waals surface area contributed by atoms with Gasteiger partial charge in [-0.3, -0.25) is 4.79 Å². The predicted molar refractivity (Wildman–Crippen MR) is 82.1 cm³/mol. The van der Waals surface area contributed by atoms with Crippen LogP contribution in [0.4, 0.5) is 0 Å². The third kappa shape index (κ3) is 3.00. The summed E-state index contributed by atoms with van der Waals surface area (Å²) in [4.78, 5) is 16.7. The number of pyridine rings is 1. The van der Waals surface area contributed by atoms with Crippen molar-refractivity contribution in [3.8, 4) is 5.82 Å². The Balaban J connectivity index is 1.82. The van der Waals surface area contributed by atoms with Crippen LogP contribution in [-0.2, 0) is 0 Å². The molecule has 0 bridgehead atoms. The number of hydrogen-bond acceptors (Lipinski definition) is 5. The van der Waals surface area contributed by atoms with Crippen molar-refractivity contribution in [2.75, 3.05) is 6.61 Å². The summed E-state index contributed by atoms with van der Waals surface area (Å²) in [6.45, 7) is 1.53. The second kappa shape index (κ2) is 6.45. The highest BCUT2D eigenvalue weighted by molar-refractivity contribution is 5.95. The molecule has 0 radical (unpaired) electrons. The highest BCUT2D eigenvalue weighted by atomic mass is 16.3. The molecule has 0 fully saturated rings. The fraction of sp³-hybridized carbons (Fsp3) is 0.188. The maximum absolute atomic E-state index is 12.4. The van der Waals surface area contributed by atoms with Crippen LogP contribution in [0.2, 0.25) is 0 Å². The van der Waals surface area contributed by atoms with Crippen LogP contribution in [-0.4, -0.2) is 32.4 Å². The molecular weight excluding hydrogens is 296 g/mol. The minimum Gasteiger partial charge on any atom is -0.467 e. The van der Waals surface area contributed by atoms with Crippen molar-refractivity contribution in [3.63, 3.8) is 0 Å². The summed E-state index contributed by atoms with van der Waals surface area (Å²) in [5.41, 5.74) is 1.08. The minimum atomic E-state index is -0.602. The van der Waals surface area contributed by atoms with Crippen LogP contribution in [0.5, 0.6) is 0 Å². The van der Waals surface area contributed by atoms with Crippen LogP contribution in [0.25, 0.3) is 5.82 Å². The van der Waals surface area contributed by atoms with Gasteiger partial charge >= 0.3 is 0 Å². The molecule has 7 nitrogen and oxygen atoms in total. The summed E-state index contributed by atoms with van der Waals surface area (Å²) in [6.07, 6.45) is 4.64. The third-order valence-electron chi connectivity index (χ3n) is 3.50. The van der Waals surface area contributed by atoms with Crippen molar-refractivity contribution in [1.29, 1.82) is 0 Å². The first kappa shape index (κ1) is 15.0. The molecule has 7 heteroatoms. The summed E-state index contributed by atoms with van der Waals surface area (Å²) in [5, 5.41) is 16.4. The lowest BCUT2D eigenvalue weighted by Crippen LogP contribution is -2.30. The van der Waals surface area contributed by atoms with Gasteiger partial charge in [0, 0.05) is 6.20 Å². The summed E-state index contributed by atoms with van der Waals surface area (Å²) in [6, 6.07) is 8.27. The van der Waals surface area contributed by atoms with Crippen LogP contribution in [0, 0.1) is 6.92 Å². The summed E-state index contributed by atoms with van der Waals surface area (Å²) in [7, 11) is 0. The summed E-state index contributed by atoms with van der Waals surface area (Å²) < 4.78 is 6.82. The van der Waals surface area contributed by atoms with Crippen molar-refractivity contribution in [3.05, 3.63) is 66.0 Å². The van der Waals surface area contributed by atoms with Gasteiger partial charge in [0.15, 0.2) is 5.82 Å². The first-order valence-corrected chi connectivity index (χ1v) is 7.12. The molecule has 3 aromatic heterocycles. The van der Waals surface area contributed by atoms with E-state index in [1.165, 1.54) is 12.5 Å². The Morgan fingerprint density at radius 3 is 2.91 bits per heavy atom. The zero-order chi connectivity index (χ0) is 16.2. The molecule has 0 aliphatic carbocycles. The fourth-order valence-corrected chi connectivity index (χ4v) is 2.27. The van der Waals surface area contributed by atoms with Crippen LogP contribution < -0.4 is 5.32 Å². The molecule has 118 valence electrons. The second-order valence-corrected chi connectivity index (χ2v) is 4.97. The van der Waals surface area contributed by atoms with Gasteiger partial charge in [-0.1, -0.05) is 6.07 Å². The van der Waals surface area contributed by atoms with Crippen molar-refractivity contribution in [2.45, 2.75) is 13.0 Å². The Hall–Kier alpha value is -2.93. The van der Waals surface area contributed by atoms with Gasteiger partial charge in [0.05, 0.1) is 30.3 Å². The number of aromatic nitrogens is 3. The number of hydrogen-bond donors (Lipinski definition) is 2. The molecular formula is C16H16N4O3. The highest BCUT2D eigenvalue weighted by Crippen LogP contribution is 2.16. The maximum Gasteiger partial charge on any atom is 0.255 e. The van der Waals surface area contributed by atoms with Gasteiger partial charge in [-0.2, -0.15) is 5.10 Å². The first-order chi connectivity index (χ1) is 11.2. The van der Waals surface area contributed by atoms with Gasteiger partial charge in [-0.15, -0.1) is 0 Å². The Morgan fingerprint density at radius 2 is 2.26 bits per heavy atom. The number of carbonyl (C=O) groups excluding carboxylic acids is 1.